The molecule has 0 aliphatic carbocycles. The van der Waals surface area contributed by atoms with E-state index in [1.807, 2.05) is 82.1 Å². The molecular weight excluding hydrogens is 251 g/mol. The number of hydrogen-bond donors (Lipinski definition) is 4. The van der Waals surface area contributed by atoms with E-state index >= 15 is 0 Å². The Bertz CT molecular complexity index is 42.5. The van der Waals surface area contributed by atoms with Gasteiger partial charge in [0.15, 0.2) is 0 Å². The van der Waals surface area contributed by atoms with Gasteiger partial charge in [-0.25, -0.2) is 0 Å². The summed E-state index contributed by atoms with van der Waals surface area (Å²) < 4.78 is 0. The molecule has 0 aromatic heterocycles. The van der Waals surface area contributed by atoms with E-state index in [1.165, 1.54) is 0 Å². The summed E-state index contributed by atoms with van der Waals surface area (Å²) >= 11 is 0. The summed E-state index contributed by atoms with van der Waals surface area (Å²) in [7, 11) is 7.50. The first kappa shape index (κ1) is 30.4. The summed E-state index contributed by atoms with van der Waals surface area (Å²) in [6.45, 7) is 15.3. The van der Waals surface area contributed by atoms with Crippen molar-refractivity contribution in [2.75, 3.05) is 28.2 Å². The van der Waals surface area contributed by atoms with Gasteiger partial charge in [0.25, 0.3) is 0 Å². The van der Waals surface area contributed by atoms with Gasteiger partial charge in [0.2, 0.25) is 0 Å². The first-order valence-corrected chi connectivity index (χ1v) is 5.46. The topological polar surface area (TPSA) is 48.1 Å². The average molecular weight is 283 g/mol. The molecule has 0 fully saturated rings. The molecule has 0 saturated heterocycles. The maximum Gasteiger partial charge on any atom is 4.00 e. The second kappa shape index (κ2) is 55.1. The van der Waals surface area contributed by atoms with Crippen molar-refractivity contribution >= 4 is 0 Å². The number of hydrogen-bond acceptors (Lipinski definition) is 4. The minimum Gasteiger partial charge on any atom is -0.473 e. The van der Waals surface area contributed by atoms with Gasteiger partial charge in [-0.1, -0.05) is 0 Å². The normalized spacial score (nSPS) is 7.06. The summed E-state index contributed by atoms with van der Waals surface area (Å²) in [5.41, 5.74) is 0. The zero-order valence-corrected chi connectivity index (χ0v) is 14.2. The Balaban J connectivity index is -0.0000000369. The van der Waals surface area contributed by atoms with Crippen LogP contribution in [-0.4, -0.2) is 28.2 Å². The fraction of sp³-hybridized carbons (Fsp3) is 0.667. The molecule has 0 heterocycles. The van der Waals surface area contributed by atoms with Gasteiger partial charge in [0, 0.05) is 0 Å². The molecule has 105 valence electrons. The average Bonchev–Trinajstić information content (AvgIpc) is 2.39. The Morgan fingerprint density at radius 3 is 0.529 bits per heavy atom. The smallest absolute Gasteiger partial charge is 0.473 e. The summed E-state index contributed by atoms with van der Waals surface area (Å²) in [4.78, 5) is 0. The van der Waals surface area contributed by atoms with E-state index in [4.69, 9.17) is 0 Å². The molecule has 0 bridgehead atoms. The third kappa shape index (κ3) is 175. The second-order valence-electron chi connectivity index (χ2n) is 2.31. The van der Waals surface area contributed by atoms with Gasteiger partial charge in [0.1, 0.15) is 0 Å². The zero-order chi connectivity index (χ0) is 13.7. The summed E-state index contributed by atoms with van der Waals surface area (Å²) in [5, 5.41) is 11.2. The van der Waals surface area contributed by atoms with Crippen LogP contribution in [0.4, 0.5) is 0 Å². The van der Waals surface area contributed by atoms with E-state index in [9.17, 15) is 0 Å². The van der Waals surface area contributed by atoms with Crippen LogP contribution in [0.15, 0.2) is 0 Å². The Labute approximate surface area is 122 Å². The molecule has 4 nitrogen and oxygen atoms in total. The van der Waals surface area contributed by atoms with Gasteiger partial charge in [-0.3, -0.25) is 26.2 Å². The molecular formula is C12H32N4V. The molecule has 0 aromatic carbocycles. The van der Waals surface area contributed by atoms with Crippen molar-refractivity contribution in [3.05, 3.63) is 26.2 Å². The Kier molecular flexibility index (Phi) is 98.6. The van der Waals surface area contributed by atoms with Crippen LogP contribution in [0.2, 0.25) is 0 Å². The minimum absolute atomic E-state index is 0. The van der Waals surface area contributed by atoms with Crippen molar-refractivity contribution < 1.29 is 18.6 Å². The molecule has 0 rings (SSSR count). The van der Waals surface area contributed by atoms with E-state index in [2.05, 4.69) is 21.3 Å². The van der Waals surface area contributed by atoms with E-state index in [1.54, 1.807) is 0 Å². The van der Waals surface area contributed by atoms with Crippen LogP contribution in [0.1, 0.15) is 27.7 Å². The molecule has 0 saturated carbocycles. The first-order valence-electron chi connectivity index (χ1n) is 5.46. The van der Waals surface area contributed by atoms with Gasteiger partial charge >= 0.3 is 18.6 Å². The molecule has 0 amide bonds. The third-order valence-electron chi connectivity index (χ3n) is 1.15. The van der Waals surface area contributed by atoms with E-state index in [0.717, 1.165) is 0 Å². The monoisotopic (exact) mass is 283 g/mol. The van der Waals surface area contributed by atoms with Crippen molar-refractivity contribution in [2.45, 2.75) is 27.7 Å². The van der Waals surface area contributed by atoms with Crippen LogP contribution in [0.5, 0.6) is 0 Å². The van der Waals surface area contributed by atoms with Crippen LogP contribution in [-0.2, 0) is 18.6 Å². The minimum atomic E-state index is 0. The van der Waals surface area contributed by atoms with Gasteiger partial charge in [-0.05, 0) is 28.2 Å². The Hall–Kier alpha value is 0.424. The van der Waals surface area contributed by atoms with Crippen LogP contribution >= 0.6 is 0 Å². The van der Waals surface area contributed by atoms with Crippen LogP contribution in [0, 0.1) is 26.2 Å². The molecule has 0 atom stereocenters. The molecule has 0 unspecified atom stereocenters. The van der Waals surface area contributed by atoms with Crippen LogP contribution in [0.3, 0.4) is 0 Å². The van der Waals surface area contributed by atoms with Gasteiger partial charge < -0.3 is 21.3 Å². The van der Waals surface area contributed by atoms with Crippen molar-refractivity contribution in [3.63, 3.8) is 0 Å². The Morgan fingerprint density at radius 1 is 0.471 bits per heavy atom. The molecule has 0 aromatic rings. The fourth-order valence-corrected chi connectivity index (χ4v) is 0. The van der Waals surface area contributed by atoms with Gasteiger partial charge in [-0.15, -0.1) is 0 Å². The molecule has 17 heavy (non-hydrogen) atoms. The second-order valence-corrected chi connectivity index (χ2v) is 2.31. The van der Waals surface area contributed by atoms with Crippen molar-refractivity contribution in [2.24, 2.45) is 0 Å². The molecule has 0 spiro atoms. The third-order valence-corrected chi connectivity index (χ3v) is 1.15. The summed E-state index contributed by atoms with van der Waals surface area (Å²) in [5.74, 6) is 0. The predicted molar refractivity (Wildman–Crippen MR) is 76.1 cm³/mol. The summed E-state index contributed by atoms with van der Waals surface area (Å²) in [6, 6.07) is 0. The summed E-state index contributed by atoms with van der Waals surface area (Å²) in [6.07, 6.45) is 0. The standard InChI is InChI=1S/4C3H8N.V/c4*1-3-4-2;/h4*3-4H,1-2H3;/q4*-1;+4. The number of nitrogens with one attached hydrogen (secondary N) is 4. The predicted octanol–water partition coefficient (Wildman–Crippen LogP) is 1.55. The molecule has 1 radical (unpaired) electrons. The molecule has 5 heteroatoms. The van der Waals surface area contributed by atoms with Crippen LogP contribution in [0.25, 0.3) is 0 Å². The SMILES string of the molecule is C[CH-]NC.C[CH-]NC.C[CH-]NC.C[CH-]NC.[V+4]. The molecule has 0 aliphatic heterocycles. The fourth-order valence-electron chi connectivity index (χ4n) is 0. The molecule has 0 aliphatic rings. The van der Waals surface area contributed by atoms with Gasteiger partial charge in [-0.2, -0.15) is 27.7 Å². The maximum atomic E-state index is 2.81. The van der Waals surface area contributed by atoms with Gasteiger partial charge in [0.05, 0.1) is 0 Å². The maximum absolute atomic E-state index is 2.81. The molecule has 4 N–H and O–H groups in total. The van der Waals surface area contributed by atoms with E-state index < -0.39 is 0 Å². The zero-order valence-electron chi connectivity index (χ0n) is 12.8. The number of rotatable bonds is 4. The van der Waals surface area contributed by atoms with Crippen molar-refractivity contribution in [1.82, 2.24) is 21.3 Å². The largest absolute Gasteiger partial charge is 4.00 e. The van der Waals surface area contributed by atoms with Crippen molar-refractivity contribution in [3.8, 4) is 0 Å². The van der Waals surface area contributed by atoms with Crippen LogP contribution < -0.4 is 21.3 Å². The van der Waals surface area contributed by atoms with E-state index in [-0.39, 0.29) is 18.6 Å². The Morgan fingerprint density at radius 2 is 0.529 bits per heavy atom. The quantitative estimate of drug-likeness (QED) is 0.591. The van der Waals surface area contributed by atoms with Crippen molar-refractivity contribution in [1.29, 1.82) is 0 Å². The first-order chi connectivity index (χ1) is 7.66. The van der Waals surface area contributed by atoms with E-state index in [0.29, 0.717) is 0 Å².